The predicted molar refractivity (Wildman–Crippen MR) is 85.4 cm³/mol. The first kappa shape index (κ1) is 18.2. The van der Waals surface area contributed by atoms with Crippen LogP contribution in [0.15, 0.2) is 12.1 Å². The lowest BCUT2D eigenvalue weighted by Crippen LogP contribution is -1.97. The summed E-state index contributed by atoms with van der Waals surface area (Å²) in [5, 5.41) is 0.950. The number of halogens is 4. The molecule has 98 valence electrons. The van der Waals surface area contributed by atoms with Crippen molar-refractivity contribution in [2.24, 2.45) is 0 Å². The summed E-state index contributed by atoms with van der Waals surface area (Å²) in [6.45, 7) is -2.78. The fraction of sp³-hybridized carbons (Fsp3) is 0.250. The van der Waals surface area contributed by atoms with Gasteiger partial charge in [-0.25, -0.2) is 0 Å². The lowest BCUT2D eigenvalue weighted by Gasteiger charge is -2.19. The summed E-state index contributed by atoms with van der Waals surface area (Å²) in [5.41, 5.74) is 0. The monoisotopic (exact) mass is 448 g/mol. The van der Waals surface area contributed by atoms with E-state index in [4.69, 9.17) is 48.6 Å². The highest BCUT2D eigenvalue weighted by atomic mass is 127. The van der Waals surface area contributed by atoms with Crippen molar-refractivity contribution < 1.29 is 13.6 Å². The molecule has 17 heavy (non-hydrogen) atoms. The first-order valence-electron chi connectivity index (χ1n) is 3.97. The highest BCUT2D eigenvalue weighted by Gasteiger charge is 2.20. The predicted octanol–water partition coefficient (Wildman–Crippen LogP) is 4.92. The molecule has 0 amide bonds. The molecular formula is C8H9Cl3IO3PS. The average molecular weight is 449 g/mol. The van der Waals surface area contributed by atoms with Gasteiger partial charge >= 0.3 is 6.72 Å². The van der Waals surface area contributed by atoms with Gasteiger partial charge in [0.05, 0.1) is 10.0 Å². The zero-order valence-electron chi connectivity index (χ0n) is 8.78. The fourth-order valence-electron chi connectivity index (χ4n) is 0.844. The highest BCUT2D eigenvalue weighted by molar-refractivity contribution is 14.1. The molecule has 0 fully saturated rings. The number of rotatable bonds is 4. The highest BCUT2D eigenvalue weighted by Crippen LogP contribution is 2.50. The minimum Gasteiger partial charge on any atom is -0.422 e. The second kappa shape index (κ2) is 7.70. The zero-order valence-corrected chi connectivity index (χ0v) is 15.0. The van der Waals surface area contributed by atoms with Crippen LogP contribution in [0.4, 0.5) is 0 Å². The smallest absolute Gasteiger partial charge is 0.380 e. The van der Waals surface area contributed by atoms with E-state index in [1.54, 1.807) is 12.1 Å². The Hall–Kier alpha value is 1.19. The Morgan fingerprint density at radius 1 is 1.18 bits per heavy atom. The summed E-state index contributed by atoms with van der Waals surface area (Å²) >= 11 is 19.1. The largest absolute Gasteiger partial charge is 0.422 e. The lowest BCUT2D eigenvalue weighted by atomic mass is 10.3. The van der Waals surface area contributed by atoms with Crippen molar-refractivity contribution in [2.75, 3.05) is 14.2 Å². The van der Waals surface area contributed by atoms with Crippen LogP contribution < -0.4 is 4.52 Å². The SMILES string of the molecule is COP(=S)(OC)Oc1cc(Cl)c(I)cc1Cl.Cl. The van der Waals surface area contributed by atoms with E-state index in [0.29, 0.717) is 15.8 Å². The number of benzene rings is 1. The topological polar surface area (TPSA) is 27.7 Å². The van der Waals surface area contributed by atoms with Crippen LogP contribution in [0.25, 0.3) is 0 Å². The molecule has 0 atom stereocenters. The summed E-state index contributed by atoms with van der Waals surface area (Å²) in [5.74, 6) is 0.360. The van der Waals surface area contributed by atoms with Crippen LogP contribution in [0.3, 0.4) is 0 Å². The zero-order chi connectivity index (χ0) is 12.3. The van der Waals surface area contributed by atoms with E-state index in [0.717, 1.165) is 3.57 Å². The molecule has 1 aromatic carbocycles. The first-order chi connectivity index (χ1) is 7.41. The molecule has 3 nitrogen and oxygen atoms in total. The van der Waals surface area contributed by atoms with Gasteiger partial charge in [0.2, 0.25) is 0 Å². The van der Waals surface area contributed by atoms with E-state index in [1.807, 2.05) is 0 Å². The standard InChI is InChI=1S/C8H8Cl2IO3PS.ClH/c1-12-15(16,13-2)14-8-4-5(9)7(11)3-6(8)10;/h3-4H,1-2H3;1H. The maximum absolute atomic E-state index is 5.99. The molecule has 0 spiro atoms. The summed E-state index contributed by atoms with van der Waals surface area (Å²) in [7, 11) is 2.85. The molecule has 0 bridgehead atoms. The third kappa shape index (κ3) is 4.99. The quantitative estimate of drug-likeness (QED) is 0.371. The van der Waals surface area contributed by atoms with Crippen LogP contribution in [0, 0.1) is 3.57 Å². The Bertz CT molecular complexity index is 438. The van der Waals surface area contributed by atoms with E-state index < -0.39 is 6.72 Å². The van der Waals surface area contributed by atoms with Crippen LogP contribution >= 0.6 is 64.9 Å². The van der Waals surface area contributed by atoms with Crippen LogP contribution in [0.2, 0.25) is 10.0 Å². The Kier molecular flexibility index (Phi) is 8.24. The minimum absolute atomic E-state index is 0. The second-order valence-electron chi connectivity index (χ2n) is 2.60. The molecule has 1 rings (SSSR count). The van der Waals surface area contributed by atoms with Gasteiger partial charge in [-0.1, -0.05) is 23.2 Å². The molecule has 0 aromatic heterocycles. The van der Waals surface area contributed by atoms with E-state index >= 15 is 0 Å². The summed E-state index contributed by atoms with van der Waals surface area (Å²) in [6.07, 6.45) is 0. The van der Waals surface area contributed by atoms with Crippen LogP contribution in [0.1, 0.15) is 0 Å². The molecule has 0 saturated carbocycles. The van der Waals surface area contributed by atoms with Gasteiger partial charge in [0.25, 0.3) is 0 Å². The first-order valence-corrected chi connectivity index (χ1v) is 8.36. The van der Waals surface area contributed by atoms with E-state index in [1.165, 1.54) is 14.2 Å². The minimum atomic E-state index is -2.78. The van der Waals surface area contributed by atoms with Gasteiger partial charge in [0.1, 0.15) is 5.75 Å². The van der Waals surface area contributed by atoms with Crippen LogP contribution in [-0.4, -0.2) is 14.2 Å². The Morgan fingerprint density at radius 2 is 1.71 bits per heavy atom. The molecular weight excluding hydrogens is 440 g/mol. The molecule has 0 aliphatic carbocycles. The molecule has 0 aliphatic heterocycles. The van der Waals surface area contributed by atoms with Gasteiger partial charge in [-0.15, -0.1) is 12.4 Å². The van der Waals surface area contributed by atoms with Gasteiger partial charge in [-0.3, -0.25) is 0 Å². The van der Waals surface area contributed by atoms with Crippen molar-refractivity contribution >= 4 is 76.7 Å². The van der Waals surface area contributed by atoms with Crippen molar-refractivity contribution in [3.63, 3.8) is 0 Å². The van der Waals surface area contributed by atoms with Crippen molar-refractivity contribution in [1.29, 1.82) is 0 Å². The Morgan fingerprint density at radius 3 is 2.18 bits per heavy atom. The molecule has 0 unspecified atom stereocenters. The average Bonchev–Trinajstić information content (AvgIpc) is 2.25. The number of hydrogen-bond donors (Lipinski definition) is 0. The van der Waals surface area contributed by atoms with Crippen molar-refractivity contribution in [3.8, 4) is 5.75 Å². The van der Waals surface area contributed by atoms with Crippen LogP contribution in [0.5, 0.6) is 5.75 Å². The summed E-state index contributed by atoms with van der Waals surface area (Å²) in [6, 6.07) is 3.27. The third-order valence-electron chi connectivity index (χ3n) is 1.63. The van der Waals surface area contributed by atoms with E-state index in [2.05, 4.69) is 22.6 Å². The van der Waals surface area contributed by atoms with Gasteiger partial charge in [0.15, 0.2) is 0 Å². The van der Waals surface area contributed by atoms with Crippen LogP contribution in [-0.2, 0) is 20.9 Å². The van der Waals surface area contributed by atoms with Gasteiger partial charge in [-0.2, -0.15) is 0 Å². The van der Waals surface area contributed by atoms with E-state index in [-0.39, 0.29) is 12.4 Å². The molecule has 0 aliphatic rings. The van der Waals surface area contributed by atoms with Gasteiger partial charge in [-0.05, 0) is 28.7 Å². The van der Waals surface area contributed by atoms with E-state index in [9.17, 15) is 0 Å². The maximum Gasteiger partial charge on any atom is 0.380 e. The lowest BCUT2D eigenvalue weighted by molar-refractivity contribution is 0.273. The van der Waals surface area contributed by atoms with Crippen molar-refractivity contribution in [2.45, 2.75) is 0 Å². The number of hydrogen-bond acceptors (Lipinski definition) is 4. The molecule has 1 aromatic rings. The molecule has 0 N–H and O–H groups in total. The normalized spacial score (nSPS) is 10.9. The summed E-state index contributed by atoms with van der Waals surface area (Å²) in [4.78, 5) is 0. The maximum atomic E-state index is 5.99. The molecule has 0 saturated heterocycles. The molecule has 0 radical (unpaired) electrons. The van der Waals surface area contributed by atoms with Crippen molar-refractivity contribution in [3.05, 3.63) is 25.7 Å². The molecule has 9 heteroatoms. The van der Waals surface area contributed by atoms with Gasteiger partial charge < -0.3 is 13.6 Å². The third-order valence-corrected chi connectivity index (χ3v) is 5.88. The fourth-order valence-corrected chi connectivity index (χ4v) is 2.84. The Balaban J connectivity index is 0.00000256. The van der Waals surface area contributed by atoms with Gasteiger partial charge in [0, 0.05) is 35.7 Å². The second-order valence-corrected chi connectivity index (χ2v) is 7.73. The summed E-state index contributed by atoms with van der Waals surface area (Å²) < 4.78 is 16.2. The van der Waals surface area contributed by atoms with Crippen molar-refractivity contribution in [1.82, 2.24) is 0 Å². The molecule has 0 heterocycles. The Labute approximate surface area is 135 Å².